The third-order valence-corrected chi connectivity index (χ3v) is 4.07. The molecule has 0 aliphatic heterocycles. The summed E-state index contributed by atoms with van der Waals surface area (Å²) in [4.78, 5) is 0. The van der Waals surface area contributed by atoms with E-state index in [1.165, 1.54) is 16.7 Å². The van der Waals surface area contributed by atoms with Gasteiger partial charge >= 0.3 is 0 Å². The van der Waals surface area contributed by atoms with Crippen LogP contribution >= 0.6 is 11.8 Å². The van der Waals surface area contributed by atoms with Crippen LogP contribution in [0.4, 0.5) is 0 Å². The van der Waals surface area contributed by atoms with Crippen LogP contribution in [-0.4, -0.2) is 17.0 Å². The fourth-order valence-corrected chi connectivity index (χ4v) is 2.49. The van der Waals surface area contributed by atoms with E-state index >= 15 is 0 Å². The summed E-state index contributed by atoms with van der Waals surface area (Å²) in [5.74, 6) is 0.955. The van der Waals surface area contributed by atoms with Crippen LogP contribution < -0.4 is 0 Å². The average Bonchev–Trinajstić information content (AvgIpc) is 2.46. The zero-order chi connectivity index (χ0) is 12.8. The summed E-state index contributed by atoms with van der Waals surface area (Å²) < 4.78 is 0. The molecule has 2 aromatic carbocycles. The summed E-state index contributed by atoms with van der Waals surface area (Å²) in [5.41, 5.74) is 3.81. The van der Waals surface area contributed by atoms with Crippen LogP contribution in [0.15, 0.2) is 54.6 Å². The third-order valence-electron chi connectivity index (χ3n) is 2.85. The van der Waals surface area contributed by atoms with E-state index in [-0.39, 0.29) is 6.61 Å². The summed E-state index contributed by atoms with van der Waals surface area (Å²) >= 11 is 1.78. The number of hydrogen-bond donors (Lipinski definition) is 1. The summed E-state index contributed by atoms with van der Waals surface area (Å²) in [5, 5.41) is 9.29. The van der Waals surface area contributed by atoms with Crippen LogP contribution in [0, 0.1) is 0 Å². The Morgan fingerprint density at radius 3 is 2.17 bits per heavy atom. The predicted molar refractivity (Wildman–Crippen MR) is 79.7 cm³/mol. The molecule has 0 heterocycles. The first-order chi connectivity index (χ1) is 8.79. The van der Waals surface area contributed by atoms with Crippen molar-refractivity contribution in [2.24, 2.45) is 0 Å². The van der Waals surface area contributed by atoms with Crippen LogP contribution in [0.2, 0.25) is 0 Å². The van der Waals surface area contributed by atoms with Gasteiger partial charge < -0.3 is 5.11 Å². The second-order valence-corrected chi connectivity index (χ2v) is 5.79. The molecule has 0 bridgehead atoms. The van der Waals surface area contributed by atoms with E-state index in [0.29, 0.717) is 5.25 Å². The second kappa shape index (κ2) is 6.62. The summed E-state index contributed by atoms with van der Waals surface area (Å²) in [7, 11) is 0. The summed E-state index contributed by atoms with van der Waals surface area (Å²) in [6.07, 6.45) is 0. The van der Waals surface area contributed by atoms with E-state index < -0.39 is 0 Å². The minimum absolute atomic E-state index is 0.243. The second-order valence-electron chi connectivity index (χ2n) is 4.37. The topological polar surface area (TPSA) is 20.2 Å². The normalized spacial score (nSPS) is 12.3. The van der Waals surface area contributed by atoms with Crippen LogP contribution in [-0.2, 0) is 5.75 Å². The van der Waals surface area contributed by atoms with Crippen molar-refractivity contribution in [2.45, 2.75) is 17.9 Å². The molecule has 1 atom stereocenters. The van der Waals surface area contributed by atoms with E-state index in [2.05, 4.69) is 48.5 Å². The van der Waals surface area contributed by atoms with Gasteiger partial charge in [0.05, 0.1) is 6.61 Å². The van der Waals surface area contributed by atoms with Crippen molar-refractivity contribution in [1.82, 2.24) is 0 Å². The molecule has 0 aliphatic rings. The summed E-state index contributed by atoms with van der Waals surface area (Å²) in [6.45, 7) is 2.29. The Hall–Kier alpha value is -1.25. The highest BCUT2D eigenvalue weighted by molar-refractivity contribution is 7.99. The Morgan fingerprint density at radius 1 is 0.944 bits per heavy atom. The molecule has 2 heteroatoms. The van der Waals surface area contributed by atoms with Crippen molar-refractivity contribution in [2.75, 3.05) is 6.61 Å². The van der Waals surface area contributed by atoms with E-state index in [4.69, 9.17) is 5.11 Å². The monoisotopic (exact) mass is 258 g/mol. The maximum atomic E-state index is 8.98. The Balaban J connectivity index is 2.02. The first kappa shape index (κ1) is 13.2. The number of benzene rings is 2. The molecule has 0 aliphatic carbocycles. The molecular weight excluding hydrogens is 240 g/mol. The standard InChI is InChI=1S/C16H18OS/c1-13(11-17)18-12-14-7-9-16(10-8-14)15-5-3-2-4-6-15/h2-10,13,17H,11-12H2,1H3. The molecule has 0 aromatic heterocycles. The van der Waals surface area contributed by atoms with Crippen molar-refractivity contribution < 1.29 is 5.11 Å². The highest BCUT2D eigenvalue weighted by Gasteiger charge is 2.02. The van der Waals surface area contributed by atoms with Gasteiger partial charge in [0.25, 0.3) is 0 Å². The Bertz CT molecular complexity index is 464. The molecule has 18 heavy (non-hydrogen) atoms. The quantitative estimate of drug-likeness (QED) is 0.875. The zero-order valence-electron chi connectivity index (χ0n) is 10.5. The molecule has 0 spiro atoms. The lowest BCUT2D eigenvalue weighted by molar-refractivity contribution is 0.300. The van der Waals surface area contributed by atoms with Gasteiger partial charge in [0.15, 0.2) is 0 Å². The van der Waals surface area contributed by atoms with E-state index in [1.807, 2.05) is 13.0 Å². The number of hydrogen-bond acceptors (Lipinski definition) is 2. The van der Waals surface area contributed by atoms with Gasteiger partial charge in [-0.25, -0.2) is 0 Å². The van der Waals surface area contributed by atoms with E-state index in [0.717, 1.165) is 5.75 Å². The van der Waals surface area contributed by atoms with Crippen LogP contribution in [0.1, 0.15) is 12.5 Å². The molecule has 0 radical (unpaired) electrons. The molecule has 1 unspecified atom stereocenters. The number of rotatable bonds is 5. The summed E-state index contributed by atoms with van der Waals surface area (Å²) in [6, 6.07) is 19.0. The van der Waals surface area contributed by atoms with E-state index in [9.17, 15) is 0 Å². The minimum atomic E-state index is 0.243. The SMILES string of the molecule is CC(CO)SCc1ccc(-c2ccccc2)cc1. The van der Waals surface area contributed by atoms with Gasteiger partial charge in [-0.2, -0.15) is 11.8 Å². The van der Waals surface area contributed by atoms with Crippen LogP contribution in [0.3, 0.4) is 0 Å². The van der Waals surface area contributed by atoms with Gasteiger partial charge in [-0.05, 0) is 16.7 Å². The molecule has 2 aromatic rings. The minimum Gasteiger partial charge on any atom is -0.395 e. The molecule has 2 rings (SSSR count). The molecular formula is C16H18OS. The molecule has 1 nitrogen and oxygen atoms in total. The predicted octanol–water partition coefficient (Wildman–Crippen LogP) is 3.97. The van der Waals surface area contributed by atoms with Crippen molar-refractivity contribution >= 4 is 11.8 Å². The maximum Gasteiger partial charge on any atom is 0.0547 e. The fourth-order valence-electron chi connectivity index (χ4n) is 1.72. The zero-order valence-corrected chi connectivity index (χ0v) is 11.4. The van der Waals surface area contributed by atoms with Gasteiger partial charge in [0.1, 0.15) is 0 Å². The first-order valence-corrected chi connectivity index (χ1v) is 7.21. The van der Waals surface area contributed by atoms with Crippen molar-refractivity contribution in [1.29, 1.82) is 0 Å². The largest absolute Gasteiger partial charge is 0.395 e. The number of aliphatic hydroxyl groups excluding tert-OH is 1. The highest BCUT2D eigenvalue weighted by Crippen LogP contribution is 2.22. The first-order valence-electron chi connectivity index (χ1n) is 6.16. The van der Waals surface area contributed by atoms with Gasteiger partial charge in [-0.15, -0.1) is 0 Å². The van der Waals surface area contributed by atoms with E-state index in [1.54, 1.807) is 11.8 Å². The van der Waals surface area contributed by atoms with Crippen molar-refractivity contribution in [3.8, 4) is 11.1 Å². The average molecular weight is 258 g/mol. The molecule has 94 valence electrons. The molecule has 0 saturated heterocycles. The van der Waals surface area contributed by atoms with Crippen molar-refractivity contribution in [3.63, 3.8) is 0 Å². The smallest absolute Gasteiger partial charge is 0.0547 e. The molecule has 1 N–H and O–H groups in total. The van der Waals surface area contributed by atoms with Crippen LogP contribution in [0.25, 0.3) is 11.1 Å². The molecule has 0 fully saturated rings. The lowest BCUT2D eigenvalue weighted by Gasteiger charge is -2.08. The number of thioether (sulfide) groups is 1. The van der Waals surface area contributed by atoms with Gasteiger partial charge in [0.2, 0.25) is 0 Å². The van der Waals surface area contributed by atoms with Crippen molar-refractivity contribution in [3.05, 3.63) is 60.2 Å². The van der Waals surface area contributed by atoms with Gasteiger partial charge in [-0.3, -0.25) is 0 Å². The lowest BCUT2D eigenvalue weighted by atomic mass is 10.0. The molecule has 0 saturated carbocycles. The van der Waals surface area contributed by atoms with Gasteiger partial charge in [-0.1, -0.05) is 61.5 Å². The number of aliphatic hydroxyl groups is 1. The van der Waals surface area contributed by atoms with Crippen LogP contribution in [0.5, 0.6) is 0 Å². The maximum absolute atomic E-state index is 8.98. The van der Waals surface area contributed by atoms with Gasteiger partial charge in [0, 0.05) is 11.0 Å². The fraction of sp³-hybridized carbons (Fsp3) is 0.250. The Labute approximate surface area is 113 Å². The lowest BCUT2D eigenvalue weighted by Crippen LogP contribution is -2.02. The Morgan fingerprint density at radius 2 is 1.56 bits per heavy atom. The highest BCUT2D eigenvalue weighted by atomic mass is 32.2. The third kappa shape index (κ3) is 3.62. The Kier molecular flexibility index (Phi) is 4.85. The molecule has 0 amide bonds.